The van der Waals surface area contributed by atoms with Gasteiger partial charge in [0.25, 0.3) is 0 Å². The molecule has 1 N–H and O–H groups in total. The van der Waals surface area contributed by atoms with Gasteiger partial charge in [0.15, 0.2) is 0 Å². The highest BCUT2D eigenvalue weighted by Crippen LogP contribution is 2.22. The van der Waals surface area contributed by atoms with E-state index < -0.39 is 0 Å². The molecule has 0 aliphatic carbocycles. The molecule has 0 aromatic heterocycles. The molecule has 1 rings (SSSR count). The van der Waals surface area contributed by atoms with E-state index in [4.69, 9.17) is 11.6 Å². The van der Waals surface area contributed by atoms with Crippen LogP contribution >= 0.6 is 11.6 Å². The van der Waals surface area contributed by atoms with Crippen LogP contribution in [-0.4, -0.2) is 32.1 Å². The molecule has 0 bridgehead atoms. The van der Waals surface area contributed by atoms with E-state index in [0.717, 1.165) is 24.5 Å². The van der Waals surface area contributed by atoms with Crippen molar-refractivity contribution in [1.82, 2.24) is 10.2 Å². The molecule has 0 aliphatic heterocycles. The largest absolute Gasteiger partial charge is 0.309 e. The summed E-state index contributed by atoms with van der Waals surface area (Å²) in [7, 11) is 4.24. The third-order valence-corrected chi connectivity index (χ3v) is 3.47. The van der Waals surface area contributed by atoms with Crippen LogP contribution in [-0.2, 0) is 0 Å². The van der Waals surface area contributed by atoms with Crippen molar-refractivity contribution in [3.63, 3.8) is 0 Å². The molecule has 0 aliphatic rings. The Morgan fingerprint density at radius 2 is 2.00 bits per heavy atom. The highest BCUT2D eigenvalue weighted by Gasteiger charge is 2.20. The maximum absolute atomic E-state index is 6.07. The minimum Gasteiger partial charge on any atom is -0.309 e. The highest BCUT2D eigenvalue weighted by molar-refractivity contribution is 6.30. The number of hydrogen-bond acceptors (Lipinski definition) is 2. The molecule has 19 heavy (non-hydrogen) atoms. The van der Waals surface area contributed by atoms with Crippen LogP contribution < -0.4 is 5.32 Å². The van der Waals surface area contributed by atoms with Crippen LogP contribution in [0.2, 0.25) is 5.02 Å². The van der Waals surface area contributed by atoms with Crippen molar-refractivity contribution in [3.05, 3.63) is 34.9 Å². The molecule has 2 nitrogen and oxygen atoms in total. The van der Waals surface area contributed by atoms with E-state index in [1.54, 1.807) is 0 Å². The van der Waals surface area contributed by atoms with Crippen LogP contribution in [0.5, 0.6) is 0 Å². The number of nitrogens with zero attached hydrogens (tertiary/aromatic N) is 1. The van der Waals surface area contributed by atoms with Crippen LogP contribution in [0.4, 0.5) is 0 Å². The third kappa shape index (κ3) is 5.94. The fraction of sp³-hybridized carbons (Fsp3) is 0.625. The maximum atomic E-state index is 6.07. The molecular formula is C16H27ClN2. The van der Waals surface area contributed by atoms with E-state index in [0.29, 0.717) is 6.04 Å². The molecule has 0 saturated carbocycles. The van der Waals surface area contributed by atoms with E-state index in [-0.39, 0.29) is 5.41 Å². The summed E-state index contributed by atoms with van der Waals surface area (Å²) in [4.78, 5) is 2.24. The Labute approximate surface area is 123 Å². The first-order valence-electron chi connectivity index (χ1n) is 6.97. The predicted molar refractivity (Wildman–Crippen MR) is 84.8 cm³/mol. The molecule has 0 fully saturated rings. The summed E-state index contributed by atoms with van der Waals surface area (Å²) < 4.78 is 0. The monoisotopic (exact) mass is 282 g/mol. The van der Waals surface area contributed by atoms with Crippen molar-refractivity contribution in [1.29, 1.82) is 0 Å². The molecule has 1 atom stereocenters. The van der Waals surface area contributed by atoms with Gasteiger partial charge in [0, 0.05) is 24.2 Å². The fourth-order valence-corrected chi connectivity index (χ4v) is 2.73. The van der Waals surface area contributed by atoms with Gasteiger partial charge < -0.3 is 10.2 Å². The predicted octanol–water partition coefficient (Wildman–Crippen LogP) is 3.97. The summed E-state index contributed by atoms with van der Waals surface area (Å²) in [6, 6.07) is 8.52. The van der Waals surface area contributed by atoms with Gasteiger partial charge in [0.1, 0.15) is 0 Å². The lowest BCUT2D eigenvalue weighted by Gasteiger charge is -2.31. The Morgan fingerprint density at radius 3 is 2.53 bits per heavy atom. The van der Waals surface area contributed by atoms with Crippen LogP contribution in [0.25, 0.3) is 0 Å². The normalized spacial score (nSPS) is 13.8. The van der Waals surface area contributed by atoms with Crippen molar-refractivity contribution in [2.24, 2.45) is 5.41 Å². The molecule has 1 aromatic rings. The summed E-state index contributed by atoms with van der Waals surface area (Å²) in [6.45, 7) is 8.87. The Morgan fingerprint density at radius 1 is 1.32 bits per heavy atom. The van der Waals surface area contributed by atoms with Gasteiger partial charge in [-0.2, -0.15) is 0 Å². The van der Waals surface area contributed by atoms with Gasteiger partial charge in [-0.15, -0.1) is 0 Å². The van der Waals surface area contributed by atoms with Gasteiger partial charge in [-0.25, -0.2) is 0 Å². The molecule has 0 heterocycles. The third-order valence-electron chi connectivity index (χ3n) is 3.23. The van der Waals surface area contributed by atoms with Crippen LogP contribution in [0, 0.1) is 5.41 Å². The Balaban J connectivity index is 2.63. The number of hydrogen-bond donors (Lipinski definition) is 1. The topological polar surface area (TPSA) is 15.3 Å². The summed E-state index contributed by atoms with van der Waals surface area (Å²) in [5.74, 6) is 0. The average molecular weight is 283 g/mol. The van der Waals surface area contributed by atoms with E-state index in [1.807, 2.05) is 12.1 Å². The first kappa shape index (κ1) is 16.5. The number of nitrogens with one attached hydrogen (secondary N) is 1. The second kappa shape index (κ2) is 7.28. The lowest BCUT2D eigenvalue weighted by Crippen LogP contribution is -2.38. The van der Waals surface area contributed by atoms with Gasteiger partial charge in [0.2, 0.25) is 0 Å². The summed E-state index contributed by atoms with van der Waals surface area (Å²) in [6.07, 6.45) is 1.07. The first-order chi connectivity index (χ1) is 8.84. The van der Waals surface area contributed by atoms with Crippen molar-refractivity contribution < 1.29 is 0 Å². The number of benzene rings is 1. The smallest absolute Gasteiger partial charge is 0.0409 e. The van der Waals surface area contributed by atoms with Crippen molar-refractivity contribution in [3.8, 4) is 0 Å². The standard InChI is InChI=1S/C16H27ClN2/c1-6-15(13-8-7-9-14(17)10-13)18-11-16(2,3)12-19(4)5/h7-10,15,18H,6,11-12H2,1-5H3. The summed E-state index contributed by atoms with van der Waals surface area (Å²) in [5.41, 5.74) is 1.53. The van der Waals surface area contributed by atoms with E-state index in [2.05, 4.69) is 57.2 Å². The Kier molecular flexibility index (Phi) is 6.31. The molecule has 1 unspecified atom stereocenters. The van der Waals surface area contributed by atoms with Crippen molar-refractivity contribution in [2.45, 2.75) is 33.2 Å². The number of rotatable bonds is 7. The van der Waals surface area contributed by atoms with Crippen molar-refractivity contribution >= 4 is 11.6 Å². The van der Waals surface area contributed by atoms with Crippen molar-refractivity contribution in [2.75, 3.05) is 27.2 Å². The summed E-state index contributed by atoms with van der Waals surface area (Å²) >= 11 is 6.07. The minimum atomic E-state index is 0.259. The minimum absolute atomic E-state index is 0.259. The van der Waals surface area contributed by atoms with E-state index in [1.165, 1.54) is 5.56 Å². The Hall–Kier alpha value is -0.570. The van der Waals surface area contributed by atoms with E-state index >= 15 is 0 Å². The zero-order chi connectivity index (χ0) is 14.5. The quantitative estimate of drug-likeness (QED) is 0.814. The van der Waals surface area contributed by atoms with Crippen LogP contribution in [0.1, 0.15) is 38.8 Å². The molecule has 0 saturated heterocycles. The summed E-state index contributed by atoms with van der Waals surface area (Å²) in [5, 5.41) is 4.48. The highest BCUT2D eigenvalue weighted by atomic mass is 35.5. The molecule has 108 valence electrons. The van der Waals surface area contributed by atoms with Gasteiger partial charge >= 0.3 is 0 Å². The van der Waals surface area contributed by atoms with Gasteiger partial charge in [-0.05, 0) is 43.6 Å². The lowest BCUT2D eigenvalue weighted by molar-refractivity contribution is 0.224. The molecule has 0 amide bonds. The fourth-order valence-electron chi connectivity index (χ4n) is 2.53. The molecular weight excluding hydrogens is 256 g/mol. The first-order valence-corrected chi connectivity index (χ1v) is 7.35. The zero-order valence-corrected chi connectivity index (χ0v) is 13.6. The van der Waals surface area contributed by atoms with Gasteiger partial charge in [0.05, 0.1) is 0 Å². The molecule has 0 spiro atoms. The molecule has 1 aromatic carbocycles. The molecule has 3 heteroatoms. The Bertz CT molecular complexity index is 388. The van der Waals surface area contributed by atoms with E-state index in [9.17, 15) is 0 Å². The van der Waals surface area contributed by atoms with Crippen LogP contribution in [0.3, 0.4) is 0 Å². The lowest BCUT2D eigenvalue weighted by atomic mass is 9.92. The maximum Gasteiger partial charge on any atom is 0.0409 e. The van der Waals surface area contributed by atoms with Gasteiger partial charge in [-0.3, -0.25) is 0 Å². The molecule has 0 radical (unpaired) electrons. The average Bonchev–Trinajstić information content (AvgIpc) is 2.28. The second-order valence-corrected chi connectivity index (χ2v) is 6.74. The zero-order valence-electron chi connectivity index (χ0n) is 12.8. The van der Waals surface area contributed by atoms with Gasteiger partial charge in [-0.1, -0.05) is 44.5 Å². The van der Waals surface area contributed by atoms with Crippen LogP contribution in [0.15, 0.2) is 24.3 Å². The SMILES string of the molecule is CCC(NCC(C)(C)CN(C)C)c1cccc(Cl)c1. The number of halogens is 1. The second-order valence-electron chi connectivity index (χ2n) is 6.30.